The molecule has 2 aromatic rings. The van der Waals surface area contributed by atoms with Crippen LogP contribution in [-0.2, 0) is 0 Å². The zero-order chi connectivity index (χ0) is 14.7. The molecule has 0 saturated carbocycles. The van der Waals surface area contributed by atoms with E-state index in [0.717, 1.165) is 11.3 Å². The van der Waals surface area contributed by atoms with Crippen LogP contribution in [0.5, 0.6) is 0 Å². The predicted molar refractivity (Wildman–Crippen MR) is 85.4 cm³/mol. The van der Waals surface area contributed by atoms with E-state index in [4.69, 9.17) is 0 Å². The molecule has 1 unspecified atom stereocenters. The lowest BCUT2D eigenvalue weighted by atomic mass is 10.0. The zero-order valence-electron chi connectivity index (χ0n) is 12.3. The van der Waals surface area contributed by atoms with Crippen LogP contribution in [0.25, 0.3) is 5.70 Å². The van der Waals surface area contributed by atoms with Gasteiger partial charge in [0.15, 0.2) is 0 Å². The van der Waals surface area contributed by atoms with Crippen molar-refractivity contribution in [3.8, 4) is 0 Å². The zero-order valence-corrected chi connectivity index (χ0v) is 12.3. The fraction of sp³-hybridized carbons (Fsp3) is 0.222. The lowest BCUT2D eigenvalue weighted by molar-refractivity contribution is 0.172. The van der Waals surface area contributed by atoms with Crippen molar-refractivity contribution in [1.82, 2.24) is 5.01 Å². The van der Waals surface area contributed by atoms with E-state index in [-0.39, 0.29) is 6.04 Å². The van der Waals surface area contributed by atoms with Crippen LogP contribution in [0.2, 0.25) is 0 Å². The van der Waals surface area contributed by atoms with Crippen LogP contribution in [0.4, 0.5) is 0 Å². The summed E-state index contributed by atoms with van der Waals surface area (Å²) in [6, 6.07) is 21.1. The lowest BCUT2D eigenvalue weighted by Gasteiger charge is -2.32. The molecule has 3 heteroatoms. The Labute approximate surface area is 125 Å². The molecule has 0 fully saturated rings. The number of rotatable bonds is 3. The normalized spacial score (nSPS) is 18.0. The third-order valence-corrected chi connectivity index (χ3v) is 3.60. The fourth-order valence-corrected chi connectivity index (χ4v) is 2.50. The molecule has 0 amide bonds. The van der Waals surface area contributed by atoms with Gasteiger partial charge in [0.1, 0.15) is 0 Å². The quantitative estimate of drug-likeness (QED) is 0.787. The maximum atomic E-state index is 4.43. The first-order chi connectivity index (χ1) is 10.3. The van der Waals surface area contributed by atoms with Crippen molar-refractivity contribution < 1.29 is 0 Å². The van der Waals surface area contributed by atoms with Crippen LogP contribution in [0, 0.1) is 0 Å². The Kier molecular flexibility index (Phi) is 3.82. The summed E-state index contributed by atoms with van der Waals surface area (Å²) < 4.78 is 0. The molecule has 106 valence electrons. The minimum absolute atomic E-state index is 0.124. The molecule has 1 aliphatic heterocycles. The molecule has 21 heavy (non-hydrogen) atoms. The minimum atomic E-state index is 0.124. The Morgan fingerprint density at radius 3 is 2.14 bits per heavy atom. The van der Waals surface area contributed by atoms with Gasteiger partial charge >= 0.3 is 0 Å². The topological polar surface area (TPSA) is 28.0 Å². The van der Waals surface area contributed by atoms with E-state index in [1.165, 1.54) is 5.56 Å². The van der Waals surface area contributed by atoms with Crippen molar-refractivity contribution in [2.24, 2.45) is 10.3 Å². The van der Waals surface area contributed by atoms with Crippen molar-refractivity contribution >= 4 is 5.70 Å². The molecule has 0 radical (unpaired) electrons. The summed E-state index contributed by atoms with van der Waals surface area (Å²) in [4.78, 5) is 0. The van der Waals surface area contributed by atoms with E-state index in [2.05, 4.69) is 66.7 Å². The lowest BCUT2D eigenvalue weighted by Crippen LogP contribution is -2.30. The highest BCUT2D eigenvalue weighted by atomic mass is 15.6. The Bertz CT molecular complexity index is 645. The largest absolute Gasteiger partial charge is 0.265 e. The first-order valence-electron chi connectivity index (χ1n) is 7.28. The van der Waals surface area contributed by atoms with E-state index in [9.17, 15) is 0 Å². The summed E-state index contributed by atoms with van der Waals surface area (Å²) in [5, 5.41) is 10.9. The molecular weight excluding hydrogens is 258 g/mol. The van der Waals surface area contributed by atoms with Gasteiger partial charge in [0, 0.05) is 11.6 Å². The number of hydrogen-bond donors (Lipinski definition) is 0. The molecule has 1 aliphatic rings. The molecule has 2 aromatic carbocycles. The van der Waals surface area contributed by atoms with E-state index in [0.29, 0.717) is 6.04 Å². The van der Waals surface area contributed by atoms with Gasteiger partial charge < -0.3 is 0 Å². The summed E-state index contributed by atoms with van der Waals surface area (Å²) in [5.74, 6) is 0. The monoisotopic (exact) mass is 277 g/mol. The molecule has 1 atom stereocenters. The summed E-state index contributed by atoms with van der Waals surface area (Å²) in [6.45, 7) is 4.27. The number of hydrogen-bond acceptors (Lipinski definition) is 3. The van der Waals surface area contributed by atoms with Gasteiger partial charge in [0.2, 0.25) is 0 Å². The van der Waals surface area contributed by atoms with Crippen LogP contribution in [0.3, 0.4) is 0 Å². The summed E-state index contributed by atoms with van der Waals surface area (Å²) in [7, 11) is 0. The van der Waals surface area contributed by atoms with Crippen LogP contribution in [0.1, 0.15) is 31.0 Å². The van der Waals surface area contributed by atoms with Gasteiger partial charge in [-0.1, -0.05) is 65.9 Å². The van der Waals surface area contributed by atoms with Gasteiger partial charge in [0.05, 0.1) is 11.7 Å². The minimum Gasteiger partial charge on any atom is -0.265 e. The van der Waals surface area contributed by atoms with Gasteiger partial charge in [-0.2, -0.15) is 0 Å². The van der Waals surface area contributed by atoms with Gasteiger partial charge in [0.25, 0.3) is 0 Å². The molecule has 0 N–H and O–H groups in total. The standard InChI is InChI=1S/C18H19N3/c1-14(2)21-18(16-11-7-4-8-12-16)13-17(19-20-21)15-9-5-3-6-10-15/h3-14,18H,1-2H3. The van der Waals surface area contributed by atoms with Gasteiger partial charge in [-0.3, -0.25) is 5.01 Å². The molecule has 0 aliphatic carbocycles. The first-order valence-corrected chi connectivity index (χ1v) is 7.28. The van der Waals surface area contributed by atoms with E-state index in [1.807, 2.05) is 29.3 Å². The third kappa shape index (κ3) is 2.87. The predicted octanol–water partition coefficient (Wildman–Crippen LogP) is 4.86. The first kappa shape index (κ1) is 13.6. The highest BCUT2D eigenvalue weighted by Gasteiger charge is 2.24. The molecule has 3 nitrogen and oxygen atoms in total. The Balaban J connectivity index is 2.00. The molecule has 0 bridgehead atoms. The second-order valence-corrected chi connectivity index (χ2v) is 5.44. The van der Waals surface area contributed by atoms with E-state index >= 15 is 0 Å². The van der Waals surface area contributed by atoms with Crippen molar-refractivity contribution in [3.05, 3.63) is 77.9 Å². The second kappa shape index (κ2) is 5.92. The molecule has 0 aromatic heterocycles. The maximum absolute atomic E-state index is 4.43. The van der Waals surface area contributed by atoms with Gasteiger partial charge in [-0.15, -0.1) is 5.11 Å². The van der Waals surface area contributed by atoms with E-state index < -0.39 is 0 Å². The van der Waals surface area contributed by atoms with Crippen LogP contribution >= 0.6 is 0 Å². The van der Waals surface area contributed by atoms with Crippen LogP contribution in [0.15, 0.2) is 77.1 Å². The van der Waals surface area contributed by atoms with Crippen LogP contribution in [-0.4, -0.2) is 11.1 Å². The molecule has 0 saturated heterocycles. The molecule has 0 spiro atoms. The smallest absolute Gasteiger partial charge is 0.0945 e. The van der Waals surface area contributed by atoms with Crippen molar-refractivity contribution in [2.75, 3.05) is 0 Å². The Morgan fingerprint density at radius 2 is 1.52 bits per heavy atom. The SMILES string of the molecule is CC(C)N1N=NC(c2ccccc2)=CC1c1ccccc1. The average Bonchev–Trinajstić information content (AvgIpc) is 2.56. The van der Waals surface area contributed by atoms with Crippen molar-refractivity contribution in [3.63, 3.8) is 0 Å². The fourth-order valence-electron chi connectivity index (χ4n) is 2.50. The number of nitrogens with zero attached hydrogens (tertiary/aromatic N) is 3. The highest BCUT2D eigenvalue weighted by molar-refractivity contribution is 5.65. The Hall–Kier alpha value is -2.42. The van der Waals surface area contributed by atoms with Crippen LogP contribution < -0.4 is 0 Å². The van der Waals surface area contributed by atoms with Crippen molar-refractivity contribution in [2.45, 2.75) is 25.9 Å². The summed E-state index contributed by atoms with van der Waals surface area (Å²) in [5.41, 5.74) is 3.27. The summed E-state index contributed by atoms with van der Waals surface area (Å²) in [6.07, 6.45) is 2.19. The number of benzene rings is 2. The molecular formula is C18H19N3. The van der Waals surface area contributed by atoms with Crippen molar-refractivity contribution in [1.29, 1.82) is 0 Å². The highest BCUT2D eigenvalue weighted by Crippen LogP contribution is 2.33. The second-order valence-electron chi connectivity index (χ2n) is 5.44. The Morgan fingerprint density at radius 1 is 0.905 bits per heavy atom. The molecule has 3 rings (SSSR count). The van der Waals surface area contributed by atoms with Gasteiger partial charge in [-0.25, -0.2) is 0 Å². The van der Waals surface area contributed by atoms with Gasteiger partial charge in [-0.05, 0) is 25.5 Å². The maximum Gasteiger partial charge on any atom is 0.0945 e. The van der Waals surface area contributed by atoms with E-state index in [1.54, 1.807) is 0 Å². The third-order valence-electron chi connectivity index (χ3n) is 3.60. The summed E-state index contributed by atoms with van der Waals surface area (Å²) >= 11 is 0. The average molecular weight is 277 g/mol. The molecule has 1 heterocycles.